The Labute approximate surface area is 102 Å². The van der Waals surface area contributed by atoms with E-state index >= 15 is 0 Å². The Bertz CT molecular complexity index is 405. The van der Waals surface area contributed by atoms with E-state index in [-0.39, 0.29) is 11.5 Å². The molecule has 2 rings (SSSR count). The van der Waals surface area contributed by atoms with Gasteiger partial charge in [-0.05, 0) is 44.6 Å². The predicted octanol–water partition coefficient (Wildman–Crippen LogP) is 0.264. The minimum absolute atomic E-state index is 0.262. The van der Waals surface area contributed by atoms with Gasteiger partial charge in [-0.25, -0.2) is 8.42 Å². The Morgan fingerprint density at radius 3 is 2.35 bits per heavy atom. The van der Waals surface area contributed by atoms with Gasteiger partial charge in [0.1, 0.15) is 15.4 Å². The van der Waals surface area contributed by atoms with Crippen molar-refractivity contribution < 1.29 is 18.3 Å². The molecule has 6 heteroatoms. The molecule has 2 saturated heterocycles. The smallest absolute Gasteiger partial charge is 0.323 e. The van der Waals surface area contributed by atoms with Gasteiger partial charge in [-0.15, -0.1) is 0 Å². The zero-order valence-electron chi connectivity index (χ0n) is 9.98. The molecular weight excluding hydrogens is 242 g/mol. The lowest BCUT2D eigenvalue weighted by Crippen LogP contribution is -2.44. The quantitative estimate of drug-likeness (QED) is 0.745. The first-order valence-corrected chi connectivity index (χ1v) is 7.83. The summed E-state index contributed by atoms with van der Waals surface area (Å²) in [4.78, 5) is 11.1. The van der Waals surface area contributed by atoms with Crippen LogP contribution < -0.4 is 5.32 Å². The van der Waals surface area contributed by atoms with Gasteiger partial charge in [0, 0.05) is 0 Å². The second-order valence-corrected chi connectivity index (χ2v) is 7.78. The zero-order chi connectivity index (χ0) is 12.7. The lowest BCUT2D eigenvalue weighted by molar-refractivity contribution is -0.143. The maximum Gasteiger partial charge on any atom is 0.323 e. The lowest BCUT2D eigenvalue weighted by Gasteiger charge is -2.27. The van der Waals surface area contributed by atoms with Crippen LogP contribution in [0.25, 0.3) is 0 Å². The molecule has 2 aliphatic heterocycles. The van der Waals surface area contributed by atoms with E-state index in [1.807, 2.05) is 0 Å². The van der Waals surface area contributed by atoms with E-state index < -0.39 is 21.3 Å². The maximum atomic E-state index is 11.3. The van der Waals surface area contributed by atoms with Gasteiger partial charge in [0.2, 0.25) is 0 Å². The summed E-state index contributed by atoms with van der Waals surface area (Å²) in [5.74, 6) is 0.359. The first kappa shape index (κ1) is 12.8. The van der Waals surface area contributed by atoms with Gasteiger partial charge in [0.25, 0.3) is 0 Å². The van der Waals surface area contributed by atoms with Crippen molar-refractivity contribution in [1.29, 1.82) is 0 Å². The molecule has 2 N–H and O–H groups in total. The monoisotopic (exact) mass is 261 g/mol. The Hall–Kier alpha value is -0.620. The van der Waals surface area contributed by atoms with E-state index in [1.165, 1.54) is 0 Å². The molecule has 0 aromatic carbocycles. The van der Waals surface area contributed by atoms with Crippen LogP contribution in [0.15, 0.2) is 0 Å². The normalized spacial score (nSPS) is 38.1. The summed E-state index contributed by atoms with van der Waals surface area (Å²) < 4.78 is 22.7. The summed E-state index contributed by atoms with van der Waals surface area (Å²) in [7, 11) is -2.83. The highest BCUT2D eigenvalue weighted by molar-refractivity contribution is 7.91. The molecule has 0 bridgehead atoms. The number of carbonyl (C=O) groups is 1. The van der Waals surface area contributed by atoms with Gasteiger partial charge in [-0.2, -0.15) is 0 Å². The summed E-state index contributed by atoms with van der Waals surface area (Å²) in [6.45, 7) is 2.39. The Morgan fingerprint density at radius 2 is 1.88 bits per heavy atom. The van der Waals surface area contributed by atoms with E-state index in [0.717, 1.165) is 0 Å². The van der Waals surface area contributed by atoms with Gasteiger partial charge in [-0.3, -0.25) is 4.79 Å². The number of aliphatic carboxylic acids is 1. The van der Waals surface area contributed by atoms with Crippen molar-refractivity contribution in [2.75, 3.05) is 18.1 Å². The van der Waals surface area contributed by atoms with Crippen LogP contribution in [0.3, 0.4) is 0 Å². The molecule has 0 aromatic rings. The van der Waals surface area contributed by atoms with Crippen molar-refractivity contribution in [2.24, 2.45) is 11.8 Å². The topological polar surface area (TPSA) is 83.5 Å². The molecule has 0 aromatic heterocycles. The average molecular weight is 261 g/mol. The number of rotatable bonds is 2. The molecule has 0 amide bonds. The molecule has 2 heterocycles. The van der Waals surface area contributed by atoms with Gasteiger partial charge in [-0.1, -0.05) is 0 Å². The third-order valence-corrected chi connectivity index (χ3v) is 5.88. The standard InChI is InChI=1S/C11H19NO4S/c1-11(10(13)14)6-9(7-12-11)8-2-4-17(15,16)5-3-8/h8-9,12H,2-7H2,1H3,(H,13,14). The van der Waals surface area contributed by atoms with Gasteiger partial charge in [0.15, 0.2) is 0 Å². The summed E-state index contributed by atoms with van der Waals surface area (Å²) in [6.07, 6.45) is 1.97. The second kappa shape index (κ2) is 4.24. The maximum absolute atomic E-state index is 11.3. The molecule has 2 aliphatic rings. The number of nitrogens with one attached hydrogen (secondary N) is 1. The molecule has 2 fully saturated rings. The first-order valence-electron chi connectivity index (χ1n) is 6.01. The van der Waals surface area contributed by atoms with Crippen LogP contribution in [0, 0.1) is 11.8 Å². The van der Waals surface area contributed by atoms with Crippen LogP contribution in [0.4, 0.5) is 0 Å². The zero-order valence-corrected chi connectivity index (χ0v) is 10.8. The van der Waals surface area contributed by atoms with Crippen molar-refractivity contribution in [1.82, 2.24) is 5.32 Å². The number of hydrogen-bond acceptors (Lipinski definition) is 4. The minimum Gasteiger partial charge on any atom is -0.480 e. The van der Waals surface area contributed by atoms with Crippen LogP contribution in [0.2, 0.25) is 0 Å². The summed E-state index contributed by atoms with van der Waals surface area (Å²) in [5.41, 5.74) is -0.832. The van der Waals surface area contributed by atoms with Gasteiger partial charge in [0.05, 0.1) is 11.5 Å². The highest BCUT2D eigenvalue weighted by Gasteiger charge is 2.44. The van der Waals surface area contributed by atoms with E-state index in [4.69, 9.17) is 5.11 Å². The summed E-state index contributed by atoms with van der Waals surface area (Å²) >= 11 is 0. The fourth-order valence-electron chi connectivity index (χ4n) is 2.90. The van der Waals surface area contributed by atoms with Crippen molar-refractivity contribution in [3.8, 4) is 0 Å². The SMILES string of the molecule is CC1(C(=O)O)CC(C2CCS(=O)(=O)CC2)CN1. The number of carboxylic acids is 1. The molecule has 5 nitrogen and oxygen atoms in total. The average Bonchev–Trinajstić information content (AvgIpc) is 2.62. The van der Waals surface area contributed by atoms with Crippen molar-refractivity contribution in [3.63, 3.8) is 0 Å². The molecule has 17 heavy (non-hydrogen) atoms. The van der Waals surface area contributed by atoms with Crippen molar-refractivity contribution >= 4 is 15.8 Å². The largest absolute Gasteiger partial charge is 0.480 e. The Kier molecular flexibility index (Phi) is 3.20. The molecule has 2 unspecified atom stereocenters. The predicted molar refractivity (Wildman–Crippen MR) is 63.5 cm³/mol. The van der Waals surface area contributed by atoms with E-state index in [2.05, 4.69) is 5.32 Å². The molecule has 0 spiro atoms. The molecule has 0 aliphatic carbocycles. The van der Waals surface area contributed by atoms with Crippen LogP contribution in [-0.2, 0) is 14.6 Å². The molecule has 0 saturated carbocycles. The Morgan fingerprint density at radius 1 is 1.29 bits per heavy atom. The van der Waals surface area contributed by atoms with Crippen LogP contribution in [-0.4, -0.2) is 43.1 Å². The van der Waals surface area contributed by atoms with Gasteiger partial charge >= 0.3 is 5.97 Å². The molecule has 98 valence electrons. The number of hydrogen-bond donors (Lipinski definition) is 2. The highest BCUT2D eigenvalue weighted by atomic mass is 32.2. The highest BCUT2D eigenvalue weighted by Crippen LogP contribution is 2.35. The van der Waals surface area contributed by atoms with Gasteiger partial charge < -0.3 is 10.4 Å². The van der Waals surface area contributed by atoms with Crippen LogP contribution in [0.1, 0.15) is 26.2 Å². The molecule has 0 radical (unpaired) electrons. The van der Waals surface area contributed by atoms with Crippen molar-refractivity contribution in [3.05, 3.63) is 0 Å². The fourth-order valence-corrected chi connectivity index (χ4v) is 4.43. The first-order chi connectivity index (χ1) is 7.82. The minimum atomic E-state index is -2.83. The van der Waals surface area contributed by atoms with Crippen molar-refractivity contribution in [2.45, 2.75) is 31.7 Å². The number of carboxylic acid groups (broad SMARTS) is 1. The van der Waals surface area contributed by atoms with E-state index in [1.54, 1.807) is 6.92 Å². The van der Waals surface area contributed by atoms with E-state index in [0.29, 0.717) is 37.6 Å². The van der Waals surface area contributed by atoms with Crippen LogP contribution in [0.5, 0.6) is 0 Å². The fraction of sp³-hybridized carbons (Fsp3) is 0.909. The third-order valence-electron chi connectivity index (χ3n) is 4.16. The number of sulfone groups is 1. The Balaban J connectivity index is 1.96. The molecule has 2 atom stereocenters. The third kappa shape index (κ3) is 2.63. The van der Waals surface area contributed by atoms with E-state index in [9.17, 15) is 13.2 Å². The summed E-state index contributed by atoms with van der Waals surface area (Å²) in [5, 5.41) is 12.2. The second-order valence-electron chi connectivity index (χ2n) is 5.47. The molecular formula is C11H19NO4S. The lowest BCUT2D eigenvalue weighted by atomic mass is 9.83. The summed E-state index contributed by atoms with van der Waals surface area (Å²) in [6, 6.07) is 0. The van der Waals surface area contributed by atoms with Crippen LogP contribution >= 0.6 is 0 Å².